The molecule has 0 saturated carbocycles. The quantitative estimate of drug-likeness (QED) is 0.396. The summed E-state index contributed by atoms with van der Waals surface area (Å²) >= 11 is 1.19. The molecule has 0 aliphatic rings. The van der Waals surface area contributed by atoms with Crippen LogP contribution in [0.4, 0.5) is 11.6 Å². The molecule has 4 aromatic rings. The second-order valence-corrected chi connectivity index (χ2v) is 6.26. The summed E-state index contributed by atoms with van der Waals surface area (Å²) in [5.74, 6) is -0.861. The maximum atomic E-state index is 12.8. The van der Waals surface area contributed by atoms with E-state index in [1.54, 1.807) is 13.0 Å². The average molecular weight is 372 g/mol. The molecule has 0 atom stereocenters. The Labute approximate surface area is 146 Å². The Morgan fingerprint density at radius 1 is 1.42 bits per heavy atom. The lowest BCUT2D eigenvalue weighted by Crippen LogP contribution is -2.26. The zero-order valence-electron chi connectivity index (χ0n) is 13.0. The van der Waals surface area contributed by atoms with Crippen molar-refractivity contribution >= 4 is 44.1 Å². The highest BCUT2D eigenvalue weighted by Gasteiger charge is 2.20. The molecule has 3 aromatic heterocycles. The average Bonchev–Trinajstić information content (AvgIpc) is 3.21. The van der Waals surface area contributed by atoms with Crippen molar-refractivity contribution in [2.45, 2.75) is 6.92 Å². The molecule has 1 amide bonds. The van der Waals surface area contributed by atoms with Crippen molar-refractivity contribution in [3.63, 3.8) is 0 Å². The summed E-state index contributed by atoms with van der Waals surface area (Å²) < 4.78 is 1.82. The third-order valence-electron chi connectivity index (χ3n) is 3.66. The lowest BCUT2D eigenvalue weighted by Gasteiger charge is -2.01. The fourth-order valence-electron chi connectivity index (χ4n) is 2.47. The molecule has 0 aliphatic heterocycles. The number of nitrogens with zero attached hydrogens (tertiary/aromatic N) is 6. The summed E-state index contributed by atoms with van der Waals surface area (Å²) in [6, 6.07) is 2.92. The fraction of sp³-hybridized carbons (Fsp3) is 0.0769. The van der Waals surface area contributed by atoms with Crippen molar-refractivity contribution in [1.29, 1.82) is 0 Å². The molecule has 0 bridgehead atoms. The normalized spacial score (nSPS) is 11.1. The van der Waals surface area contributed by atoms with Crippen molar-refractivity contribution in [3.8, 4) is 0 Å². The topological polar surface area (TPSA) is 161 Å². The van der Waals surface area contributed by atoms with Gasteiger partial charge in [0.2, 0.25) is 0 Å². The Bertz CT molecular complexity index is 1240. The number of H-pyrrole nitrogens is 1. The molecule has 0 fully saturated rings. The van der Waals surface area contributed by atoms with Gasteiger partial charge in [0.15, 0.2) is 4.96 Å². The number of nitro groups is 1. The molecule has 13 heteroatoms. The van der Waals surface area contributed by atoms with E-state index in [0.717, 1.165) is 6.20 Å². The van der Waals surface area contributed by atoms with E-state index in [1.165, 1.54) is 21.8 Å². The molecular formula is C13H8N8O4S. The minimum Gasteiger partial charge on any atom is -0.288 e. The van der Waals surface area contributed by atoms with Gasteiger partial charge in [-0.05, 0) is 18.2 Å². The number of aromatic nitrogens is 6. The number of aryl methyl sites for hydroxylation is 1. The highest BCUT2D eigenvalue weighted by Crippen LogP contribution is 2.30. The van der Waals surface area contributed by atoms with Crippen LogP contribution in [-0.2, 0) is 0 Å². The number of hydrogen-bond acceptors (Lipinski definition) is 9. The molecule has 4 rings (SSSR count). The second kappa shape index (κ2) is 5.66. The molecule has 3 heterocycles. The van der Waals surface area contributed by atoms with Gasteiger partial charge in [0.05, 0.1) is 15.1 Å². The van der Waals surface area contributed by atoms with E-state index >= 15 is 0 Å². The minimum absolute atomic E-state index is 0.0964. The lowest BCUT2D eigenvalue weighted by atomic mass is 10.2. The SMILES string of the molecule is Cc1cc2sc3ncc(C(=O)Nc4nn[nH]n4)c(=O)n3c2cc1[N+](=O)[O-]. The number of hydrogen-bond donors (Lipinski definition) is 2. The van der Waals surface area contributed by atoms with Crippen molar-refractivity contribution in [2.75, 3.05) is 5.32 Å². The smallest absolute Gasteiger partial charge is 0.274 e. The highest BCUT2D eigenvalue weighted by atomic mass is 32.1. The number of aromatic amines is 1. The number of nitro benzene ring substituents is 1. The van der Waals surface area contributed by atoms with E-state index < -0.39 is 16.4 Å². The first-order valence-corrected chi connectivity index (χ1v) is 7.91. The monoisotopic (exact) mass is 372 g/mol. The Kier molecular flexibility index (Phi) is 3.43. The molecular weight excluding hydrogens is 364 g/mol. The van der Waals surface area contributed by atoms with Gasteiger partial charge < -0.3 is 0 Å². The predicted molar refractivity (Wildman–Crippen MR) is 90.4 cm³/mol. The van der Waals surface area contributed by atoms with Crippen molar-refractivity contribution < 1.29 is 9.72 Å². The van der Waals surface area contributed by atoms with Gasteiger partial charge in [-0.2, -0.15) is 5.21 Å². The van der Waals surface area contributed by atoms with Crippen LogP contribution in [0.5, 0.6) is 0 Å². The number of carbonyl (C=O) groups excluding carboxylic acids is 1. The van der Waals surface area contributed by atoms with Gasteiger partial charge in [0, 0.05) is 17.8 Å². The minimum atomic E-state index is -0.765. The third kappa shape index (κ3) is 2.37. The number of amides is 1. The van der Waals surface area contributed by atoms with Crippen LogP contribution in [0.15, 0.2) is 23.1 Å². The number of rotatable bonds is 3. The van der Waals surface area contributed by atoms with Crippen molar-refractivity contribution in [2.24, 2.45) is 0 Å². The van der Waals surface area contributed by atoms with Gasteiger partial charge in [-0.1, -0.05) is 16.4 Å². The van der Waals surface area contributed by atoms with Gasteiger partial charge in [0.1, 0.15) is 5.56 Å². The van der Waals surface area contributed by atoms with Crippen LogP contribution in [0.3, 0.4) is 0 Å². The third-order valence-corrected chi connectivity index (χ3v) is 4.68. The Morgan fingerprint density at radius 2 is 2.23 bits per heavy atom. The van der Waals surface area contributed by atoms with Gasteiger partial charge >= 0.3 is 0 Å². The molecule has 1 aromatic carbocycles. The summed E-state index contributed by atoms with van der Waals surface area (Å²) in [5.41, 5.74) is -0.243. The van der Waals surface area contributed by atoms with E-state index in [2.05, 4.69) is 30.9 Å². The summed E-state index contributed by atoms with van der Waals surface area (Å²) in [4.78, 5) is 40.1. The fourth-order valence-corrected chi connectivity index (χ4v) is 3.54. The lowest BCUT2D eigenvalue weighted by molar-refractivity contribution is -0.385. The van der Waals surface area contributed by atoms with Crippen LogP contribution in [0.25, 0.3) is 15.2 Å². The van der Waals surface area contributed by atoms with E-state index in [-0.39, 0.29) is 17.2 Å². The molecule has 130 valence electrons. The van der Waals surface area contributed by atoms with E-state index in [9.17, 15) is 19.7 Å². The van der Waals surface area contributed by atoms with Gasteiger partial charge in [-0.25, -0.2) is 9.38 Å². The first kappa shape index (κ1) is 15.8. The maximum Gasteiger partial charge on any atom is 0.274 e. The number of fused-ring (bicyclic) bond motifs is 3. The molecule has 2 N–H and O–H groups in total. The Hall–Kier alpha value is -3.74. The largest absolute Gasteiger partial charge is 0.288 e. The summed E-state index contributed by atoms with van der Waals surface area (Å²) in [6.45, 7) is 1.61. The molecule has 0 spiro atoms. The van der Waals surface area contributed by atoms with E-state index in [1.807, 2.05) is 0 Å². The summed E-state index contributed by atoms with van der Waals surface area (Å²) in [6.07, 6.45) is 1.14. The number of nitrogens with one attached hydrogen (secondary N) is 2. The molecule has 0 aliphatic carbocycles. The Morgan fingerprint density at radius 3 is 2.92 bits per heavy atom. The molecule has 0 unspecified atom stereocenters. The Balaban J connectivity index is 1.92. The zero-order valence-corrected chi connectivity index (χ0v) is 13.8. The molecule has 12 nitrogen and oxygen atoms in total. The van der Waals surface area contributed by atoms with Crippen molar-refractivity contribution in [3.05, 3.63) is 49.9 Å². The van der Waals surface area contributed by atoms with Crippen LogP contribution in [0.1, 0.15) is 15.9 Å². The highest BCUT2D eigenvalue weighted by molar-refractivity contribution is 7.23. The summed E-state index contributed by atoms with van der Waals surface area (Å²) in [7, 11) is 0. The van der Waals surface area contributed by atoms with Crippen LogP contribution < -0.4 is 10.9 Å². The molecule has 0 radical (unpaired) electrons. The number of tetrazole rings is 1. The second-order valence-electron chi connectivity index (χ2n) is 5.25. The number of benzene rings is 1. The predicted octanol–water partition coefficient (Wildman–Crippen LogP) is 0.891. The summed E-state index contributed by atoms with van der Waals surface area (Å²) in [5, 5.41) is 26.1. The van der Waals surface area contributed by atoms with Crippen LogP contribution in [-0.4, -0.2) is 40.8 Å². The standard InChI is InChI=1S/C13H8N8O4S/c1-5-2-9-8(3-7(5)21(24)25)20-11(23)6(4-14-13(20)26-9)10(22)15-12-16-18-19-17-12/h2-4H,1H3,(H2,15,16,17,18,19,22). The van der Waals surface area contributed by atoms with E-state index in [4.69, 9.17) is 0 Å². The van der Waals surface area contributed by atoms with Gasteiger partial charge in [-0.15, -0.1) is 5.10 Å². The van der Waals surface area contributed by atoms with E-state index in [0.29, 0.717) is 20.7 Å². The van der Waals surface area contributed by atoms with Crippen LogP contribution in [0.2, 0.25) is 0 Å². The first-order valence-electron chi connectivity index (χ1n) is 7.10. The van der Waals surface area contributed by atoms with Gasteiger partial charge in [-0.3, -0.25) is 25.0 Å². The molecule has 0 saturated heterocycles. The van der Waals surface area contributed by atoms with Gasteiger partial charge in [0.25, 0.3) is 23.1 Å². The zero-order chi connectivity index (χ0) is 18.4. The number of thiazole rings is 1. The van der Waals surface area contributed by atoms with Crippen LogP contribution >= 0.6 is 11.3 Å². The number of anilines is 1. The number of carbonyl (C=O) groups is 1. The molecule has 26 heavy (non-hydrogen) atoms. The maximum absolute atomic E-state index is 12.8. The van der Waals surface area contributed by atoms with Crippen molar-refractivity contribution in [1.82, 2.24) is 30.0 Å². The first-order chi connectivity index (χ1) is 12.5. The van der Waals surface area contributed by atoms with Crippen LogP contribution in [0, 0.1) is 17.0 Å².